The van der Waals surface area contributed by atoms with Crippen molar-refractivity contribution in [2.24, 2.45) is 17.6 Å². The van der Waals surface area contributed by atoms with Gasteiger partial charge in [-0.05, 0) is 31.2 Å². The van der Waals surface area contributed by atoms with Gasteiger partial charge in [-0.2, -0.15) is 13.2 Å². The number of nitrogens with two attached hydrogens (primary N) is 1. The Labute approximate surface area is 98.1 Å². The van der Waals surface area contributed by atoms with Gasteiger partial charge in [-0.25, -0.2) is 4.79 Å². The highest BCUT2D eigenvalue weighted by Crippen LogP contribution is 2.30. The second-order valence-corrected chi connectivity index (χ2v) is 4.37. The van der Waals surface area contributed by atoms with Gasteiger partial charge in [-0.1, -0.05) is 6.42 Å². The zero-order valence-corrected chi connectivity index (χ0v) is 9.52. The van der Waals surface area contributed by atoms with Crippen molar-refractivity contribution in [2.45, 2.75) is 25.4 Å². The van der Waals surface area contributed by atoms with Crippen LogP contribution in [0.1, 0.15) is 19.3 Å². The van der Waals surface area contributed by atoms with Crippen LogP contribution >= 0.6 is 0 Å². The fourth-order valence-electron chi connectivity index (χ4n) is 2.16. The van der Waals surface area contributed by atoms with Crippen molar-refractivity contribution in [1.29, 1.82) is 0 Å². The molecule has 4 nitrogen and oxygen atoms in total. The molecule has 0 saturated heterocycles. The summed E-state index contributed by atoms with van der Waals surface area (Å²) in [5.74, 6) is 0.662. The van der Waals surface area contributed by atoms with Crippen LogP contribution in [0.15, 0.2) is 0 Å². The Bertz CT molecular complexity index is 258. The Kier molecular flexibility index (Phi) is 5.04. The summed E-state index contributed by atoms with van der Waals surface area (Å²) in [6.45, 7) is -0.341. The fraction of sp³-hybridized carbons (Fsp3) is 0.900. The first kappa shape index (κ1) is 14.1. The van der Waals surface area contributed by atoms with Gasteiger partial charge in [0.1, 0.15) is 6.54 Å². The van der Waals surface area contributed by atoms with Gasteiger partial charge in [0.15, 0.2) is 0 Å². The van der Waals surface area contributed by atoms with E-state index in [-0.39, 0.29) is 5.92 Å². The molecule has 100 valence electrons. The Morgan fingerprint density at radius 1 is 1.24 bits per heavy atom. The summed E-state index contributed by atoms with van der Waals surface area (Å²) < 4.78 is 35.4. The molecule has 1 aliphatic rings. The second kappa shape index (κ2) is 6.09. The zero-order chi connectivity index (χ0) is 12.9. The quantitative estimate of drug-likeness (QED) is 0.705. The molecule has 1 saturated carbocycles. The van der Waals surface area contributed by atoms with Crippen LogP contribution < -0.4 is 16.4 Å². The molecule has 1 rings (SSSR count). The molecule has 1 aliphatic carbocycles. The Morgan fingerprint density at radius 3 is 2.47 bits per heavy atom. The van der Waals surface area contributed by atoms with Crippen LogP contribution in [0.5, 0.6) is 0 Å². The maximum absolute atomic E-state index is 11.8. The van der Waals surface area contributed by atoms with Crippen LogP contribution in [-0.4, -0.2) is 31.8 Å². The molecule has 2 unspecified atom stereocenters. The number of carbonyl (C=O) groups is 1. The van der Waals surface area contributed by atoms with Crippen LogP contribution in [0.25, 0.3) is 0 Å². The molecule has 0 aliphatic heterocycles. The minimum Gasteiger partial charge on any atom is -0.338 e. The topological polar surface area (TPSA) is 67.1 Å². The number of carbonyl (C=O) groups excluding carboxylic acids is 1. The van der Waals surface area contributed by atoms with Crippen LogP contribution in [-0.2, 0) is 0 Å². The first-order valence-corrected chi connectivity index (χ1v) is 5.71. The molecular weight excluding hydrogens is 235 g/mol. The third-order valence-electron chi connectivity index (χ3n) is 3.09. The van der Waals surface area contributed by atoms with Gasteiger partial charge in [0, 0.05) is 6.54 Å². The summed E-state index contributed by atoms with van der Waals surface area (Å²) >= 11 is 0. The van der Waals surface area contributed by atoms with E-state index >= 15 is 0 Å². The van der Waals surface area contributed by atoms with Crippen molar-refractivity contribution in [3.8, 4) is 0 Å². The largest absolute Gasteiger partial charge is 0.405 e. The monoisotopic (exact) mass is 253 g/mol. The van der Waals surface area contributed by atoms with Gasteiger partial charge in [-0.3, -0.25) is 0 Å². The van der Waals surface area contributed by atoms with Crippen molar-refractivity contribution in [2.75, 3.05) is 19.6 Å². The number of rotatable bonds is 4. The molecule has 0 aromatic heterocycles. The van der Waals surface area contributed by atoms with Gasteiger partial charge in [0.05, 0.1) is 0 Å². The average Bonchev–Trinajstić information content (AvgIpc) is 2.69. The normalized spacial score (nSPS) is 24.7. The molecule has 17 heavy (non-hydrogen) atoms. The van der Waals surface area contributed by atoms with Crippen LogP contribution in [0.4, 0.5) is 18.0 Å². The molecule has 0 heterocycles. The van der Waals surface area contributed by atoms with Crippen molar-refractivity contribution >= 4 is 6.03 Å². The lowest BCUT2D eigenvalue weighted by molar-refractivity contribution is -0.122. The van der Waals surface area contributed by atoms with E-state index in [0.29, 0.717) is 19.0 Å². The third-order valence-corrected chi connectivity index (χ3v) is 3.09. The highest BCUT2D eigenvalue weighted by Gasteiger charge is 2.29. The van der Waals surface area contributed by atoms with E-state index in [1.54, 1.807) is 5.32 Å². The maximum atomic E-state index is 11.8. The SMILES string of the molecule is NCC1CCCC1CNC(=O)NCC(F)(F)F. The van der Waals surface area contributed by atoms with E-state index in [1.165, 1.54) is 0 Å². The van der Waals surface area contributed by atoms with Gasteiger partial charge >= 0.3 is 12.2 Å². The van der Waals surface area contributed by atoms with Gasteiger partial charge < -0.3 is 16.4 Å². The van der Waals surface area contributed by atoms with Gasteiger partial charge in [0.25, 0.3) is 0 Å². The predicted octanol–water partition coefficient (Wildman–Crippen LogP) is 1.22. The van der Waals surface area contributed by atoms with Crippen molar-refractivity contribution in [3.63, 3.8) is 0 Å². The summed E-state index contributed by atoms with van der Waals surface area (Å²) in [5.41, 5.74) is 5.57. The van der Waals surface area contributed by atoms with Gasteiger partial charge in [0.2, 0.25) is 0 Å². The minimum atomic E-state index is -4.37. The summed E-state index contributed by atoms with van der Waals surface area (Å²) in [6, 6.07) is -0.773. The number of nitrogens with one attached hydrogen (secondary N) is 2. The molecule has 2 atom stereocenters. The fourth-order valence-corrected chi connectivity index (χ4v) is 2.16. The molecule has 0 bridgehead atoms. The van der Waals surface area contributed by atoms with Crippen molar-refractivity contribution in [1.82, 2.24) is 10.6 Å². The smallest absolute Gasteiger partial charge is 0.338 e. The second-order valence-electron chi connectivity index (χ2n) is 4.37. The maximum Gasteiger partial charge on any atom is 0.405 e. The number of alkyl halides is 3. The highest BCUT2D eigenvalue weighted by molar-refractivity contribution is 5.73. The number of hydrogen-bond donors (Lipinski definition) is 3. The first-order chi connectivity index (χ1) is 7.92. The molecule has 0 aromatic carbocycles. The molecular formula is C10H18F3N3O. The Hall–Kier alpha value is -0.980. The van der Waals surface area contributed by atoms with E-state index in [9.17, 15) is 18.0 Å². The summed E-state index contributed by atoms with van der Waals surface area (Å²) in [5, 5.41) is 4.23. The van der Waals surface area contributed by atoms with Crippen LogP contribution in [0.3, 0.4) is 0 Å². The molecule has 2 amide bonds. The van der Waals surface area contributed by atoms with Gasteiger partial charge in [-0.15, -0.1) is 0 Å². The molecule has 4 N–H and O–H groups in total. The predicted molar refractivity (Wildman–Crippen MR) is 57.3 cm³/mol. The molecule has 7 heteroatoms. The average molecular weight is 253 g/mol. The summed E-state index contributed by atoms with van der Waals surface area (Å²) in [4.78, 5) is 11.1. The lowest BCUT2D eigenvalue weighted by Gasteiger charge is -2.18. The lowest BCUT2D eigenvalue weighted by atomic mass is 9.96. The van der Waals surface area contributed by atoms with E-state index in [0.717, 1.165) is 19.3 Å². The lowest BCUT2D eigenvalue weighted by Crippen LogP contribution is -2.43. The number of halogens is 3. The van der Waals surface area contributed by atoms with E-state index in [2.05, 4.69) is 5.32 Å². The van der Waals surface area contributed by atoms with E-state index < -0.39 is 18.8 Å². The Morgan fingerprint density at radius 2 is 1.88 bits per heavy atom. The van der Waals surface area contributed by atoms with Crippen LogP contribution in [0, 0.1) is 11.8 Å². The van der Waals surface area contributed by atoms with E-state index in [1.807, 2.05) is 0 Å². The van der Waals surface area contributed by atoms with Crippen molar-refractivity contribution < 1.29 is 18.0 Å². The van der Waals surface area contributed by atoms with E-state index in [4.69, 9.17) is 5.73 Å². The number of hydrogen-bond acceptors (Lipinski definition) is 2. The standard InChI is InChI=1S/C10H18F3N3O/c11-10(12,13)6-16-9(17)15-5-8-3-1-2-7(8)4-14/h7-8H,1-6,14H2,(H2,15,16,17). The molecule has 0 aromatic rings. The molecule has 1 fully saturated rings. The summed E-state index contributed by atoms with van der Waals surface area (Å²) in [7, 11) is 0. The Balaban J connectivity index is 2.19. The zero-order valence-electron chi connectivity index (χ0n) is 9.52. The number of urea groups is 1. The molecule has 0 radical (unpaired) electrons. The summed E-state index contributed by atoms with van der Waals surface area (Å²) in [6.07, 6.45) is -1.29. The minimum absolute atomic E-state index is 0.289. The first-order valence-electron chi connectivity index (χ1n) is 5.71. The third kappa shape index (κ3) is 5.25. The molecule has 0 spiro atoms. The number of amides is 2. The van der Waals surface area contributed by atoms with Crippen LogP contribution in [0.2, 0.25) is 0 Å². The van der Waals surface area contributed by atoms with Crippen molar-refractivity contribution in [3.05, 3.63) is 0 Å². The highest BCUT2D eigenvalue weighted by atomic mass is 19.4.